The Morgan fingerprint density at radius 2 is 1.52 bits per heavy atom. The molecule has 10 N–H and O–H groups in total. The zero-order valence-corrected chi connectivity index (χ0v) is 28.1. The fourth-order valence-electron chi connectivity index (χ4n) is 5.06. The number of carboxylic acid groups (broad SMARTS) is 1. The Morgan fingerprint density at radius 1 is 0.891 bits per heavy atom. The van der Waals surface area contributed by atoms with Gasteiger partial charge < -0.3 is 42.8 Å². The SMILES string of the molecule is CC[C@H](C)[C@H](NC(=O)[C@@H](N)CC(C)C)C(=O)N[C@@H](CS)C(=O)N[C@@H](CCCCN)C(=O)N[C@@H](Cc1c[nH]c2ccccc12)C(=O)O. The van der Waals surface area contributed by atoms with Crippen LogP contribution in [0.2, 0.25) is 0 Å². The molecule has 0 aliphatic heterocycles. The van der Waals surface area contributed by atoms with Crippen LogP contribution < -0.4 is 32.7 Å². The molecule has 0 spiro atoms. The van der Waals surface area contributed by atoms with Gasteiger partial charge in [-0.1, -0.05) is 52.3 Å². The lowest BCUT2D eigenvalue weighted by Gasteiger charge is -2.28. The van der Waals surface area contributed by atoms with E-state index in [1.807, 2.05) is 45.0 Å². The molecular weight excluding hydrogens is 610 g/mol. The summed E-state index contributed by atoms with van der Waals surface area (Å²) in [5.74, 6) is -3.79. The molecule has 0 saturated heterocycles. The Balaban J connectivity index is 2.17. The molecular formula is C32H51N7O6S. The number of fused-ring (bicyclic) bond motifs is 1. The molecule has 14 heteroatoms. The molecule has 0 saturated carbocycles. The molecule has 13 nitrogen and oxygen atoms in total. The predicted molar refractivity (Wildman–Crippen MR) is 181 cm³/mol. The number of carbonyl (C=O) groups is 5. The summed E-state index contributed by atoms with van der Waals surface area (Å²) in [6.45, 7) is 7.94. The van der Waals surface area contributed by atoms with Crippen molar-refractivity contribution in [1.82, 2.24) is 26.3 Å². The first-order valence-corrected chi connectivity index (χ1v) is 16.5. The molecule has 0 radical (unpaired) electrons. The number of nitrogens with two attached hydrogens (primary N) is 2. The van der Waals surface area contributed by atoms with Gasteiger partial charge in [0, 0.05) is 29.3 Å². The number of rotatable bonds is 20. The van der Waals surface area contributed by atoms with Gasteiger partial charge in [-0.15, -0.1) is 0 Å². The van der Waals surface area contributed by atoms with Crippen LogP contribution in [0.3, 0.4) is 0 Å². The average Bonchev–Trinajstić information content (AvgIpc) is 3.43. The lowest BCUT2D eigenvalue weighted by molar-refractivity contribution is -0.142. The third-order valence-electron chi connectivity index (χ3n) is 7.96. The van der Waals surface area contributed by atoms with Gasteiger partial charge >= 0.3 is 5.97 Å². The summed E-state index contributed by atoms with van der Waals surface area (Å²) in [4.78, 5) is 68.2. The van der Waals surface area contributed by atoms with E-state index >= 15 is 0 Å². The second-order valence-electron chi connectivity index (χ2n) is 12.2. The first-order chi connectivity index (χ1) is 21.8. The predicted octanol–water partition coefficient (Wildman–Crippen LogP) is 1.21. The van der Waals surface area contributed by atoms with Crippen LogP contribution in [-0.4, -0.2) is 82.2 Å². The molecule has 2 rings (SSSR count). The van der Waals surface area contributed by atoms with Crippen LogP contribution in [0.1, 0.15) is 65.4 Å². The Bertz CT molecular complexity index is 1320. The van der Waals surface area contributed by atoms with Crippen LogP contribution in [0, 0.1) is 11.8 Å². The number of carbonyl (C=O) groups excluding carboxylic acids is 4. The minimum atomic E-state index is -1.26. The second kappa shape index (κ2) is 19.1. The second-order valence-corrected chi connectivity index (χ2v) is 12.5. The molecule has 1 aromatic heterocycles. The lowest BCUT2D eigenvalue weighted by Crippen LogP contribution is -2.60. The smallest absolute Gasteiger partial charge is 0.326 e. The van der Waals surface area contributed by atoms with Gasteiger partial charge in [-0.25, -0.2) is 4.79 Å². The van der Waals surface area contributed by atoms with Crippen molar-refractivity contribution in [2.24, 2.45) is 23.3 Å². The number of hydrogen-bond acceptors (Lipinski definition) is 8. The monoisotopic (exact) mass is 661 g/mol. The first kappa shape index (κ1) is 38.6. The molecule has 1 aromatic carbocycles. The highest BCUT2D eigenvalue weighted by Gasteiger charge is 2.33. The summed E-state index contributed by atoms with van der Waals surface area (Å²) in [6.07, 6.45) is 4.02. The third-order valence-corrected chi connectivity index (χ3v) is 8.33. The first-order valence-electron chi connectivity index (χ1n) is 15.9. The Hall–Kier alpha value is -3.62. The number of carboxylic acids is 1. The molecule has 2 aromatic rings. The fraction of sp³-hybridized carbons (Fsp3) is 0.594. The number of thiol groups is 1. The number of aliphatic carboxylic acids is 1. The summed E-state index contributed by atoms with van der Waals surface area (Å²) < 4.78 is 0. The largest absolute Gasteiger partial charge is 0.480 e. The van der Waals surface area contributed by atoms with E-state index in [9.17, 15) is 29.1 Å². The average molecular weight is 662 g/mol. The van der Waals surface area contributed by atoms with Gasteiger partial charge in [0.2, 0.25) is 23.6 Å². The van der Waals surface area contributed by atoms with Crippen LogP contribution in [0.5, 0.6) is 0 Å². The van der Waals surface area contributed by atoms with E-state index in [2.05, 4.69) is 38.9 Å². The topological polar surface area (TPSA) is 222 Å². The van der Waals surface area contributed by atoms with E-state index in [4.69, 9.17) is 11.5 Å². The Kier molecular flexibility index (Phi) is 16.0. The molecule has 46 heavy (non-hydrogen) atoms. The molecule has 1 heterocycles. The van der Waals surface area contributed by atoms with Crippen molar-refractivity contribution in [3.05, 3.63) is 36.0 Å². The minimum absolute atomic E-state index is 0.0213. The van der Waals surface area contributed by atoms with Crippen molar-refractivity contribution in [3.63, 3.8) is 0 Å². The molecule has 0 unspecified atom stereocenters. The van der Waals surface area contributed by atoms with Gasteiger partial charge in [0.05, 0.1) is 6.04 Å². The summed E-state index contributed by atoms with van der Waals surface area (Å²) >= 11 is 4.25. The van der Waals surface area contributed by atoms with Gasteiger partial charge in [0.25, 0.3) is 0 Å². The standard InChI is InChI=1S/C32H51N7O6S/c1-5-19(4)27(39-28(40)22(34)14-18(2)3)31(43)38-26(17-46)30(42)36-24(12-8-9-13-33)29(41)37-25(32(44)45)15-20-16-35-23-11-7-6-10-21(20)23/h6-7,10-11,16,18-19,22,24-27,35,46H,5,8-9,12-15,17,33-34H2,1-4H3,(H,36,42)(H,37,41)(H,38,43)(H,39,40)(H,44,45)/t19-,22-,24-,25-,26-,27-/m0/s1. The number of aromatic nitrogens is 1. The van der Waals surface area contributed by atoms with E-state index in [0.717, 1.165) is 16.5 Å². The number of hydrogen-bond donors (Lipinski definition) is 9. The number of benzene rings is 1. The van der Waals surface area contributed by atoms with Crippen molar-refractivity contribution in [1.29, 1.82) is 0 Å². The fourth-order valence-corrected chi connectivity index (χ4v) is 5.32. The van der Waals surface area contributed by atoms with Crippen LogP contribution in [0.15, 0.2) is 30.5 Å². The lowest BCUT2D eigenvalue weighted by atomic mass is 9.96. The number of amides is 4. The number of H-pyrrole nitrogens is 1. The maximum atomic E-state index is 13.4. The van der Waals surface area contributed by atoms with Crippen molar-refractivity contribution in [2.75, 3.05) is 12.3 Å². The molecule has 6 atom stereocenters. The normalized spacial score (nSPS) is 15.3. The zero-order chi connectivity index (χ0) is 34.4. The molecule has 0 aliphatic carbocycles. The highest BCUT2D eigenvalue weighted by Crippen LogP contribution is 2.19. The molecule has 0 aliphatic rings. The van der Waals surface area contributed by atoms with Gasteiger partial charge in [-0.05, 0) is 55.7 Å². The van der Waals surface area contributed by atoms with E-state index in [-0.39, 0.29) is 30.4 Å². The molecule has 0 fully saturated rings. The summed E-state index contributed by atoms with van der Waals surface area (Å²) in [7, 11) is 0. The van der Waals surface area contributed by atoms with Crippen molar-refractivity contribution in [2.45, 2.75) is 96.4 Å². The van der Waals surface area contributed by atoms with E-state index in [1.165, 1.54) is 0 Å². The highest BCUT2D eigenvalue weighted by molar-refractivity contribution is 7.80. The van der Waals surface area contributed by atoms with Gasteiger partial charge in [-0.2, -0.15) is 12.6 Å². The Morgan fingerprint density at radius 3 is 2.13 bits per heavy atom. The third kappa shape index (κ3) is 11.6. The van der Waals surface area contributed by atoms with Crippen molar-refractivity contribution in [3.8, 4) is 0 Å². The molecule has 0 bridgehead atoms. The van der Waals surface area contributed by atoms with E-state index < -0.39 is 59.8 Å². The summed E-state index contributed by atoms with van der Waals surface area (Å²) in [5, 5.41) is 21.4. The summed E-state index contributed by atoms with van der Waals surface area (Å²) in [5.41, 5.74) is 13.2. The van der Waals surface area contributed by atoms with Gasteiger partial charge in [-0.3, -0.25) is 19.2 Å². The van der Waals surface area contributed by atoms with E-state index in [0.29, 0.717) is 32.2 Å². The van der Waals surface area contributed by atoms with Crippen molar-refractivity contribution >= 4 is 53.1 Å². The van der Waals surface area contributed by atoms with E-state index in [1.54, 1.807) is 13.1 Å². The van der Waals surface area contributed by atoms with Crippen LogP contribution >= 0.6 is 12.6 Å². The maximum Gasteiger partial charge on any atom is 0.326 e. The number of nitrogens with one attached hydrogen (secondary N) is 5. The van der Waals surface area contributed by atoms with Crippen molar-refractivity contribution < 1.29 is 29.1 Å². The van der Waals surface area contributed by atoms with Gasteiger partial charge in [0.15, 0.2) is 0 Å². The quantitative estimate of drug-likeness (QED) is 0.0740. The molecule has 256 valence electrons. The number of para-hydroxylation sites is 1. The Labute approximate surface area is 276 Å². The molecule has 4 amide bonds. The van der Waals surface area contributed by atoms with Gasteiger partial charge in [0.1, 0.15) is 24.2 Å². The zero-order valence-electron chi connectivity index (χ0n) is 27.2. The van der Waals surface area contributed by atoms with Crippen LogP contribution in [-0.2, 0) is 30.4 Å². The van der Waals surface area contributed by atoms with Crippen LogP contribution in [0.4, 0.5) is 0 Å². The maximum absolute atomic E-state index is 13.4. The minimum Gasteiger partial charge on any atom is -0.480 e. The number of unbranched alkanes of at least 4 members (excludes halogenated alkanes) is 1. The summed E-state index contributed by atoms with van der Waals surface area (Å²) in [6, 6.07) is 2.19. The van der Waals surface area contributed by atoms with Crippen LogP contribution in [0.25, 0.3) is 10.9 Å². The number of aromatic amines is 1. The highest BCUT2D eigenvalue weighted by atomic mass is 32.1.